The summed E-state index contributed by atoms with van der Waals surface area (Å²) in [6, 6.07) is 0. The van der Waals surface area contributed by atoms with Gasteiger partial charge in [-0.05, 0) is 31.1 Å². The van der Waals surface area contributed by atoms with Crippen LogP contribution in [-0.2, 0) is 13.6 Å². The van der Waals surface area contributed by atoms with Gasteiger partial charge < -0.3 is 9.05 Å². The summed E-state index contributed by atoms with van der Waals surface area (Å²) < 4.78 is 24.4. The Morgan fingerprint density at radius 3 is 1.56 bits per heavy atom. The lowest BCUT2D eigenvalue weighted by atomic mass is 10.1. The predicted molar refractivity (Wildman–Crippen MR) is 111 cm³/mol. The van der Waals surface area contributed by atoms with Crippen molar-refractivity contribution in [2.75, 3.05) is 19.4 Å². The quantitative estimate of drug-likeness (QED) is 0.180. The van der Waals surface area contributed by atoms with Crippen molar-refractivity contribution >= 4 is 7.60 Å². The fourth-order valence-corrected chi connectivity index (χ4v) is 4.55. The fraction of sp³-hybridized carbons (Fsp3) is 1.00. The van der Waals surface area contributed by atoms with Crippen LogP contribution in [0.5, 0.6) is 0 Å². The molecule has 4 heteroatoms. The second-order valence-corrected chi connectivity index (χ2v) is 10.4. The summed E-state index contributed by atoms with van der Waals surface area (Å²) in [6.45, 7) is 12.3. The Kier molecular flexibility index (Phi) is 16.4. The fourth-order valence-electron chi connectivity index (χ4n) is 2.79. The van der Waals surface area contributed by atoms with Crippen LogP contribution in [0.2, 0.25) is 0 Å². The first kappa shape index (κ1) is 25.1. The molecule has 0 saturated heterocycles. The van der Waals surface area contributed by atoms with Crippen molar-refractivity contribution in [2.24, 2.45) is 11.8 Å². The molecule has 0 spiro atoms. The van der Waals surface area contributed by atoms with E-state index in [0.717, 1.165) is 56.8 Å². The molecule has 0 radical (unpaired) electrons. The lowest BCUT2D eigenvalue weighted by molar-refractivity contribution is 0.196. The van der Waals surface area contributed by atoms with Crippen molar-refractivity contribution in [2.45, 2.75) is 105 Å². The number of unbranched alkanes of at least 4 members (excludes halogenated alkanes) is 6. The molecular weight excluding hydrogens is 331 g/mol. The molecule has 0 N–H and O–H groups in total. The topological polar surface area (TPSA) is 35.5 Å². The van der Waals surface area contributed by atoms with E-state index in [0.29, 0.717) is 19.4 Å². The van der Waals surface area contributed by atoms with Gasteiger partial charge in [-0.2, -0.15) is 0 Å². The molecule has 0 aliphatic carbocycles. The molecule has 3 nitrogen and oxygen atoms in total. The zero-order chi connectivity index (χ0) is 19.0. The molecule has 0 unspecified atom stereocenters. The molecule has 0 atom stereocenters. The monoisotopic (exact) mass is 376 g/mol. The van der Waals surface area contributed by atoms with Crippen molar-refractivity contribution in [1.29, 1.82) is 0 Å². The minimum absolute atomic E-state index is 0.578. The van der Waals surface area contributed by atoms with Gasteiger partial charge >= 0.3 is 7.60 Å². The highest BCUT2D eigenvalue weighted by atomic mass is 31.2. The highest BCUT2D eigenvalue weighted by Crippen LogP contribution is 2.49. The van der Waals surface area contributed by atoms with Crippen molar-refractivity contribution in [1.82, 2.24) is 0 Å². The molecule has 0 aliphatic heterocycles. The van der Waals surface area contributed by atoms with Gasteiger partial charge in [0.15, 0.2) is 0 Å². The molecule has 0 amide bonds. The summed E-state index contributed by atoms with van der Waals surface area (Å²) in [4.78, 5) is 0. The Morgan fingerprint density at radius 2 is 1.16 bits per heavy atom. The number of rotatable bonds is 18. The molecule has 0 saturated carbocycles. The summed E-state index contributed by atoms with van der Waals surface area (Å²) in [5, 5.41) is 0. The SMILES string of the molecule is CCCCCP(=O)(OCCCCCC(C)C)OCCCCCC(C)C. The maximum Gasteiger partial charge on any atom is 0.330 e. The molecule has 0 aromatic rings. The van der Waals surface area contributed by atoms with E-state index in [1.54, 1.807) is 0 Å². The Morgan fingerprint density at radius 1 is 0.680 bits per heavy atom. The number of hydrogen-bond donors (Lipinski definition) is 0. The van der Waals surface area contributed by atoms with Crippen LogP contribution in [0.25, 0.3) is 0 Å². The van der Waals surface area contributed by atoms with Gasteiger partial charge in [0.05, 0.1) is 19.4 Å². The van der Waals surface area contributed by atoms with E-state index in [1.165, 1.54) is 25.7 Å². The lowest BCUT2D eigenvalue weighted by Gasteiger charge is -2.19. The minimum Gasteiger partial charge on any atom is -0.309 e. The van der Waals surface area contributed by atoms with Crippen LogP contribution < -0.4 is 0 Å². The van der Waals surface area contributed by atoms with E-state index >= 15 is 0 Å². The summed E-state index contributed by atoms with van der Waals surface area (Å²) in [7, 11) is -2.88. The average molecular weight is 377 g/mol. The molecule has 0 fully saturated rings. The van der Waals surface area contributed by atoms with E-state index in [2.05, 4.69) is 34.6 Å². The van der Waals surface area contributed by atoms with Crippen LogP contribution >= 0.6 is 7.60 Å². The highest BCUT2D eigenvalue weighted by Gasteiger charge is 2.23. The van der Waals surface area contributed by atoms with Crippen LogP contribution in [-0.4, -0.2) is 19.4 Å². The van der Waals surface area contributed by atoms with Gasteiger partial charge in [-0.25, -0.2) is 0 Å². The summed E-state index contributed by atoms with van der Waals surface area (Å²) in [5.41, 5.74) is 0. The van der Waals surface area contributed by atoms with Crippen LogP contribution in [0.1, 0.15) is 105 Å². The van der Waals surface area contributed by atoms with E-state index in [1.807, 2.05) is 0 Å². The average Bonchev–Trinajstić information content (AvgIpc) is 2.54. The van der Waals surface area contributed by atoms with Crippen LogP contribution in [0.3, 0.4) is 0 Å². The summed E-state index contributed by atoms with van der Waals surface area (Å²) in [5.74, 6) is 1.53. The third-order valence-electron chi connectivity index (χ3n) is 4.46. The van der Waals surface area contributed by atoms with E-state index in [4.69, 9.17) is 9.05 Å². The first-order valence-corrected chi connectivity index (χ1v) is 12.5. The van der Waals surface area contributed by atoms with Crippen LogP contribution in [0.15, 0.2) is 0 Å². The third kappa shape index (κ3) is 17.3. The van der Waals surface area contributed by atoms with Gasteiger partial charge in [-0.3, -0.25) is 4.57 Å². The Labute approximate surface area is 158 Å². The smallest absolute Gasteiger partial charge is 0.309 e. The molecule has 0 aromatic carbocycles. The largest absolute Gasteiger partial charge is 0.330 e. The van der Waals surface area contributed by atoms with Gasteiger partial charge in [-0.15, -0.1) is 0 Å². The van der Waals surface area contributed by atoms with Gasteiger partial charge in [0, 0.05) is 0 Å². The lowest BCUT2D eigenvalue weighted by Crippen LogP contribution is -2.04. The minimum atomic E-state index is -2.88. The molecule has 0 aliphatic rings. The summed E-state index contributed by atoms with van der Waals surface area (Å²) in [6.07, 6.45) is 13.0. The van der Waals surface area contributed by atoms with Gasteiger partial charge in [0.2, 0.25) is 0 Å². The maximum atomic E-state index is 12.9. The Hall–Kier alpha value is 0.150. The first-order valence-electron chi connectivity index (χ1n) is 10.8. The number of hydrogen-bond acceptors (Lipinski definition) is 3. The van der Waals surface area contributed by atoms with Crippen molar-refractivity contribution < 1.29 is 13.6 Å². The Balaban J connectivity index is 4.00. The van der Waals surface area contributed by atoms with Gasteiger partial charge in [-0.1, -0.05) is 86.0 Å². The second-order valence-electron chi connectivity index (χ2n) is 8.19. The van der Waals surface area contributed by atoms with E-state index < -0.39 is 7.60 Å². The third-order valence-corrected chi connectivity index (χ3v) is 6.48. The zero-order valence-corrected chi connectivity index (χ0v) is 18.6. The molecule has 0 aromatic heterocycles. The predicted octanol–water partition coefficient (Wildman–Crippen LogP) is 7.84. The molecule has 0 bridgehead atoms. The van der Waals surface area contributed by atoms with Crippen LogP contribution in [0.4, 0.5) is 0 Å². The Bertz CT molecular complexity index is 305. The first-order chi connectivity index (χ1) is 11.9. The molecule has 152 valence electrons. The second kappa shape index (κ2) is 16.3. The normalized spacial score (nSPS) is 12.4. The van der Waals surface area contributed by atoms with Crippen LogP contribution in [0, 0.1) is 11.8 Å². The summed E-state index contributed by atoms with van der Waals surface area (Å²) >= 11 is 0. The maximum absolute atomic E-state index is 12.9. The van der Waals surface area contributed by atoms with E-state index in [9.17, 15) is 4.57 Å². The van der Waals surface area contributed by atoms with Crippen molar-refractivity contribution in [3.8, 4) is 0 Å². The standard InChI is InChI=1S/C21H45O3P/c1-6-7-14-19-25(22,23-17-12-8-10-15-20(2)3)24-18-13-9-11-16-21(4)5/h20-21H,6-19H2,1-5H3. The van der Waals surface area contributed by atoms with Crippen molar-refractivity contribution in [3.05, 3.63) is 0 Å². The molecule has 0 heterocycles. The molecule has 25 heavy (non-hydrogen) atoms. The van der Waals surface area contributed by atoms with Gasteiger partial charge in [0.1, 0.15) is 0 Å². The van der Waals surface area contributed by atoms with E-state index in [-0.39, 0.29) is 0 Å². The zero-order valence-electron chi connectivity index (χ0n) is 17.7. The highest BCUT2D eigenvalue weighted by molar-refractivity contribution is 7.53. The molecule has 0 rings (SSSR count). The molecular formula is C21H45O3P. The van der Waals surface area contributed by atoms with Gasteiger partial charge in [0.25, 0.3) is 0 Å². The van der Waals surface area contributed by atoms with Crippen molar-refractivity contribution in [3.63, 3.8) is 0 Å².